The van der Waals surface area contributed by atoms with Gasteiger partial charge in [-0.15, -0.1) is 0 Å². The average Bonchev–Trinajstić information content (AvgIpc) is 2.67. The Morgan fingerprint density at radius 1 is 1.50 bits per heavy atom. The van der Waals surface area contributed by atoms with Crippen molar-refractivity contribution >= 4 is 11.4 Å². The van der Waals surface area contributed by atoms with E-state index in [1.165, 1.54) is 0 Å². The Hall–Kier alpha value is -1.64. The van der Waals surface area contributed by atoms with Gasteiger partial charge < -0.3 is 4.40 Å². The summed E-state index contributed by atoms with van der Waals surface area (Å²) in [7, 11) is 0. The molecule has 3 nitrogen and oxygen atoms in total. The average molecular weight is 186 g/mol. The monoisotopic (exact) mass is 186 g/mol. The Kier molecular flexibility index (Phi) is 1.35. The highest BCUT2D eigenvalue weighted by Crippen LogP contribution is 2.26. The highest BCUT2D eigenvalue weighted by molar-refractivity contribution is 6.00. The molecule has 0 saturated heterocycles. The molecule has 2 aromatic rings. The fraction of sp³-hybridized carbons (Fsp3) is 0.273. The fourth-order valence-electron chi connectivity index (χ4n) is 2.06. The van der Waals surface area contributed by atoms with Gasteiger partial charge in [0.05, 0.1) is 5.69 Å². The van der Waals surface area contributed by atoms with Crippen molar-refractivity contribution in [1.29, 1.82) is 0 Å². The number of carbonyl (C=O) groups excluding carboxylic acids is 1. The number of aromatic nitrogens is 2. The Morgan fingerprint density at radius 3 is 3.21 bits per heavy atom. The summed E-state index contributed by atoms with van der Waals surface area (Å²) in [5.41, 5.74) is 2.61. The Bertz CT molecular complexity index is 527. The lowest BCUT2D eigenvalue weighted by Gasteiger charge is -1.99. The lowest BCUT2D eigenvalue weighted by Crippen LogP contribution is -2.04. The molecule has 3 rings (SSSR count). The molecule has 0 radical (unpaired) electrons. The largest absolute Gasteiger partial charge is 0.303 e. The van der Waals surface area contributed by atoms with E-state index in [0.717, 1.165) is 17.8 Å². The molecule has 1 aliphatic carbocycles. The number of nitrogens with zero attached hydrogens (tertiary/aromatic N) is 2. The minimum absolute atomic E-state index is 0.101. The van der Waals surface area contributed by atoms with Crippen LogP contribution in [0, 0.1) is 5.92 Å². The van der Waals surface area contributed by atoms with Gasteiger partial charge >= 0.3 is 0 Å². The summed E-state index contributed by atoms with van der Waals surface area (Å²) < 4.78 is 2.01. The number of ketones is 1. The van der Waals surface area contributed by atoms with Crippen molar-refractivity contribution in [3.63, 3.8) is 0 Å². The number of hydrogen-bond donors (Lipinski definition) is 0. The molecule has 0 fully saturated rings. The van der Waals surface area contributed by atoms with Crippen LogP contribution in [0.5, 0.6) is 0 Å². The second-order valence-electron chi connectivity index (χ2n) is 3.81. The molecular formula is C11H10N2O. The molecule has 0 aromatic carbocycles. The fourth-order valence-corrected chi connectivity index (χ4v) is 2.06. The molecule has 2 aromatic heterocycles. The van der Waals surface area contributed by atoms with Gasteiger partial charge in [-0.1, -0.05) is 13.0 Å². The minimum Gasteiger partial charge on any atom is -0.303 e. The normalized spacial score (nSPS) is 20.4. The van der Waals surface area contributed by atoms with E-state index in [9.17, 15) is 4.79 Å². The molecule has 1 atom stereocenters. The predicted molar refractivity (Wildman–Crippen MR) is 52.4 cm³/mol. The number of rotatable bonds is 0. The summed E-state index contributed by atoms with van der Waals surface area (Å²) in [6, 6.07) is 5.82. The summed E-state index contributed by atoms with van der Waals surface area (Å²) >= 11 is 0. The molecule has 0 N–H and O–H groups in total. The molecule has 0 spiro atoms. The second-order valence-corrected chi connectivity index (χ2v) is 3.81. The van der Waals surface area contributed by atoms with Crippen molar-refractivity contribution in [2.45, 2.75) is 13.3 Å². The zero-order valence-electron chi connectivity index (χ0n) is 7.90. The Labute approximate surface area is 81.4 Å². The van der Waals surface area contributed by atoms with Crippen LogP contribution in [0.3, 0.4) is 0 Å². The first kappa shape index (κ1) is 7.74. The standard InChI is InChI=1S/C11H10N2O/c1-7-6-8-10(11(7)14)12-9-4-2-3-5-13(8)9/h2-5,7H,6H2,1H3/t7-/m1/s1. The second kappa shape index (κ2) is 2.44. The summed E-state index contributed by atoms with van der Waals surface area (Å²) in [6.45, 7) is 1.96. The Morgan fingerprint density at radius 2 is 2.36 bits per heavy atom. The number of hydrogen-bond acceptors (Lipinski definition) is 2. The molecule has 0 aliphatic heterocycles. The molecule has 0 unspecified atom stereocenters. The van der Waals surface area contributed by atoms with E-state index >= 15 is 0 Å². The van der Waals surface area contributed by atoms with E-state index in [4.69, 9.17) is 0 Å². The van der Waals surface area contributed by atoms with Crippen LogP contribution in [0.25, 0.3) is 5.65 Å². The maximum atomic E-state index is 11.7. The summed E-state index contributed by atoms with van der Waals surface area (Å²) in [6.07, 6.45) is 2.78. The van der Waals surface area contributed by atoms with Gasteiger partial charge in [0.1, 0.15) is 11.3 Å². The molecule has 3 heteroatoms. The van der Waals surface area contributed by atoms with Crippen LogP contribution < -0.4 is 0 Å². The number of imidazole rings is 1. The van der Waals surface area contributed by atoms with Gasteiger partial charge in [0.25, 0.3) is 0 Å². The number of fused-ring (bicyclic) bond motifs is 3. The van der Waals surface area contributed by atoms with Crippen LogP contribution in [-0.2, 0) is 6.42 Å². The van der Waals surface area contributed by atoms with Crippen molar-refractivity contribution in [1.82, 2.24) is 9.38 Å². The lowest BCUT2D eigenvalue weighted by atomic mass is 10.1. The molecular weight excluding hydrogens is 176 g/mol. The minimum atomic E-state index is 0.101. The molecule has 70 valence electrons. The molecule has 0 saturated carbocycles. The van der Waals surface area contributed by atoms with Crippen molar-refractivity contribution in [2.75, 3.05) is 0 Å². The van der Waals surface area contributed by atoms with E-state index in [1.807, 2.05) is 35.7 Å². The Balaban J connectivity index is 2.36. The van der Waals surface area contributed by atoms with Gasteiger partial charge in [0.2, 0.25) is 0 Å². The van der Waals surface area contributed by atoms with Crippen LogP contribution >= 0.6 is 0 Å². The first-order chi connectivity index (χ1) is 6.77. The van der Waals surface area contributed by atoms with Crippen LogP contribution in [0.15, 0.2) is 24.4 Å². The molecule has 14 heavy (non-hydrogen) atoms. The highest BCUT2D eigenvalue weighted by atomic mass is 16.1. The van der Waals surface area contributed by atoms with Crippen molar-refractivity contribution in [3.8, 4) is 0 Å². The van der Waals surface area contributed by atoms with Crippen molar-refractivity contribution < 1.29 is 4.79 Å². The van der Waals surface area contributed by atoms with Crippen LogP contribution in [0.1, 0.15) is 23.1 Å². The van der Waals surface area contributed by atoms with Crippen LogP contribution in [0.2, 0.25) is 0 Å². The third kappa shape index (κ3) is 0.816. The molecule has 1 aliphatic rings. The van der Waals surface area contributed by atoms with E-state index in [0.29, 0.717) is 5.69 Å². The molecule has 0 bridgehead atoms. The van der Waals surface area contributed by atoms with Gasteiger partial charge in [-0.25, -0.2) is 4.98 Å². The zero-order chi connectivity index (χ0) is 9.71. The van der Waals surface area contributed by atoms with Gasteiger partial charge in [-0.3, -0.25) is 4.79 Å². The van der Waals surface area contributed by atoms with Crippen molar-refractivity contribution in [2.24, 2.45) is 5.92 Å². The van der Waals surface area contributed by atoms with E-state index in [-0.39, 0.29) is 11.7 Å². The zero-order valence-corrected chi connectivity index (χ0v) is 7.90. The van der Waals surface area contributed by atoms with Gasteiger partial charge in [0, 0.05) is 18.5 Å². The summed E-state index contributed by atoms with van der Waals surface area (Å²) in [5.74, 6) is 0.285. The first-order valence-electron chi connectivity index (χ1n) is 4.77. The predicted octanol–water partition coefficient (Wildman–Crippen LogP) is 1.71. The maximum absolute atomic E-state index is 11.7. The number of Topliss-reactive ketones (excluding diaryl/α,β-unsaturated/α-hetero) is 1. The van der Waals surface area contributed by atoms with Gasteiger partial charge in [0.15, 0.2) is 5.78 Å². The van der Waals surface area contributed by atoms with E-state index in [1.54, 1.807) is 0 Å². The van der Waals surface area contributed by atoms with Crippen molar-refractivity contribution in [3.05, 3.63) is 35.8 Å². The molecule has 2 heterocycles. The lowest BCUT2D eigenvalue weighted by molar-refractivity contribution is 0.0942. The quantitative estimate of drug-likeness (QED) is 0.627. The summed E-state index contributed by atoms with van der Waals surface area (Å²) in [5, 5.41) is 0. The van der Waals surface area contributed by atoms with E-state index in [2.05, 4.69) is 4.98 Å². The smallest absolute Gasteiger partial charge is 0.186 e. The van der Waals surface area contributed by atoms with Crippen LogP contribution in [-0.4, -0.2) is 15.2 Å². The summed E-state index contributed by atoms with van der Waals surface area (Å²) in [4.78, 5) is 16.0. The van der Waals surface area contributed by atoms with E-state index < -0.39 is 0 Å². The molecule has 0 amide bonds. The van der Waals surface area contributed by atoms with Gasteiger partial charge in [-0.05, 0) is 12.1 Å². The van der Waals surface area contributed by atoms with Gasteiger partial charge in [-0.2, -0.15) is 0 Å². The van der Waals surface area contributed by atoms with Crippen LogP contribution in [0.4, 0.5) is 0 Å². The number of carbonyl (C=O) groups is 1. The third-order valence-corrected chi connectivity index (χ3v) is 2.81. The maximum Gasteiger partial charge on any atom is 0.186 e. The third-order valence-electron chi connectivity index (χ3n) is 2.81. The topological polar surface area (TPSA) is 34.4 Å². The highest BCUT2D eigenvalue weighted by Gasteiger charge is 2.31. The SMILES string of the molecule is C[C@@H]1Cc2c(nc3ccccn23)C1=O. The number of pyridine rings is 1. The first-order valence-corrected chi connectivity index (χ1v) is 4.77.